The average Bonchev–Trinajstić information content (AvgIpc) is 3.23. The van der Waals surface area contributed by atoms with Gasteiger partial charge < -0.3 is 16.0 Å². The predicted molar refractivity (Wildman–Crippen MR) is 96.7 cm³/mol. The quantitative estimate of drug-likeness (QED) is 0.736. The van der Waals surface area contributed by atoms with Crippen molar-refractivity contribution in [2.75, 3.05) is 6.54 Å². The molecule has 2 aromatic heterocycles. The SMILES string of the molecule is NC(=O)C1CN([C@H](c2ccc(Cl)cc2)c2ccn3nccc3c2)C(=O)N1. The van der Waals surface area contributed by atoms with Crippen LogP contribution >= 0.6 is 11.6 Å². The number of benzene rings is 1. The van der Waals surface area contributed by atoms with Crippen molar-refractivity contribution in [2.45, 2.75) is 12.1 Å². The fraction of sp³-hybridized carbons (Fsp3) is 0.167. The number of aromatic nitrogens is 2. The normalized spacial score (nSPS) is 18.1. The molecule has 0 saturated carbocycles. The van der Waals surface area contributed by atoms with E-state index in [1.54, 1.807) is 27.7 Å². The number of fused-ring (bicyclic) bond motifs is 1. The van der Waals surface area contributed by atoms with Gasteiger partial charge in [-0.3, -0.25) is 4.79 Å². The van der Waals surface area contributed by atoms with Gasteiger partial charge in [0.05, 0.1) is 18.1 Å². The van der Waals surface area contributed by atoms with Gasteiger partial charge in [0.2, 0.25) is 5.91 Å². The van der Waals surface area contributed by atoms with Gasteiger partial charge >= 0.3 is 6.03 Å². The van der Waals surface area contributed by atoms with Crippen molar-refractivity contribution < 1.29 is 9.59 Å². The topological polar surface area (TPSA) is 92.7 Å². The smallest absolute Gasteiger partial charge is 0.318 e. The summed E-state index contributed by atoms with van der Waals surface area (Å²) in [5.74, 6) is -0.554. The summed E-state index contributed by atoms with van der Waals surface area (Å²) in [4.78, 5) is 25.7. The van der Waals surface area contributed by atoms with Gasteiger partial charge in [-0.1, -0.05) is 23.7 Å². The number of halogens is 1. The number of primary amides is 1. The number of hydrogen-bond donors (Lipinski definition) is 2. The molecule has 1 saturated heterocycles. The lowest BCUT2D eigenvalue weighted by Crippen LogP contribution is -2.39. The third-order valence-corrected chi connectivity index (χ3v) is 4.77. The first kappa shape index (κ1) is 16.4. The van der Waals surface area contributed by atoms with Crippen LogP contribution in [0.5, 0.6) is 0 Å². The fourth-order valence-corrected chi connectivity index (χ4v) is 3.37. The predicted octanol–water partition coefficient (Wildman–Crippen LogP) is 1.96. The monoisotopic (exact) mass is 369 g/mol. The number of carbonyl (C=O) groups excluding carboxylic acids is 2. The van der Waals surface area contributed by atoms with Crippen molar-refractivity contribution in [3.63, 3.8) is 0 Å². The molecule has 4 rings (SSSR count). The van der Waals surface area contributed by atoms with Crippen LogP contribution in [0.1, 0.15) is 17.2 Å². The lowest BCUT2D eigenvalue weighted by molar-refractivity contribution is -0.119. The molecule has 0 radical (unpaired) electrons. The lowest BCUT2D eigenvalue weighted by Gasteiger charge is -2.28. The second-order valence-electron chi connectivity index (χ2n) is 6.17. The second kappa shape index (κ2) is 6.34. The number of nitrogens with zero attached hydrogens (tertiary/aromatic N) is 3. The van der Waals surface area contributed by atoms with Crippen molar-refractivity contribution in [1.82, 2.24) is 19.8 Å². The van der Waals surface area contributed by atoms with E-state index < -0.39 is 11.9 Å². The maximum absolute atomic E-state index is 12.5. The Balaban J connectivity index is 1.80. The van der Waals surface area contributed by atoms with Gasteiger partial charge in [-0.25, -0.2) is 9.31 Å². The average molecular weight is 370 g/mol. The lowest BCUT2D eigenvalue weighted by atomic mass is 9.97. The summed E-state index contributed by atoms with van der Waals surface area (Å²) in [6.07, 6.45) is 3.55. The number of urea groups is 1. The molecule has 1 aromatic carbocycles. The Hall–Kier alpha value is -3.06. The summed E-state index contributed by atoms with van der Waals surface area (Å²) in [6, 6.07) is 11.6. The van der Waals surface area contributed by atoms with Crippen LogP contribution in [-0.2, 0) is 4.79 Å². The van der Waals surface area contributed by atoms with Crippen LogP contribution < -0.4 is 11.1 Å². The van der Waals surface area contributed by atoms with Crippen LogP contribution in [0.4, 0.5) is 4.79 Å². The van der Waals surface area contributed by atoms with Gasteiger partial charge in [-0.15, -0.1) is 0 Å². The molecule has 3 amide bonds. The number of hydrogen-bond acceptors (Lipinski definition) is 3. The second-order valence-corrected chi connectivity index (χ2v) is 6.61. The van der Waals surface area contributed by atoms with Crippen LogP contribution in [-0.4, -0.2) is 39.0 Å². The van der Waals surface area contributed by atoms with Gasteiger partial charge in [0.15, 0.2) is 0 Å². The highest BCUT2D eigenvalue weighted by molar-refractivity contribution is 6.30. The zero-order valence-electron chi connectivity index (χ0n) is 13.7. The molecule has 7 nitrogen and oxygen atoms in total. The molecule has 0 aliphatic carbocycles. The van der Waals surface area contributed by atoms with Crippen molar-refractivity contribution in [2.24, 2.45) is 5.73 Å². The van der Waals surface area contributed by atoms with Crippen LogP contribution in [0.15, 0.2) is 54.9 Å². The Labute approximate surface area is 154 Å². The number of pyridine rings is 1. The van der Waals surface area contributed by atoms with Crippen molar-refractivity contribution in [3.8, 4) is 0 Å². The molecule has 1 aliphatic rings. The first-order valence-electron chi connectivity index (χ1n) is 8.08. The Morgan fingerprint density at radius 2 is 2.00 bits per heavy atom. The molecule has 132 valence electrons. The Bertz CT molecular complexity index is 985. The minimum Gasteiger partial charge on any atom is -0.368 e. The highest BCUT2D eigenvalue weighted by Gasteiger charge is 2.37. The van der Waals surface area contributed by atoms with Crippen LogP contribution in [0.2, 0.25) is 5.02 Å². The molecule has 2 atom stereocenters. The molecule has 8 heteroatoms. The summed E-state index contributed by atoms with van der Waals surface area (Å²) >= 11 is 6.01. The van der Waals surface area contributed by atoms with Gasteiger partial charge in [0.1, 0.15) is 6.04 Å². The summed E-state index contributed by atoms with van der Waals surface area (Å²) in [5, 5.41) is 7.44. The van der Waals surface area contributed by atoms with E-state index in [-0.39, 0.29) is 18.6 Å². The molecular formula is C18H16ClN5O2. The molecule has 3 N–H and O–H groups in total. The van der Waals surface area contributed by atoms with E-state index in [0.29, 0.717) is 5.02 Å². The molecular weight excluding hydrogens is 354 g/mol. The molecule has 26 heavy (non-hydrogen) atoms. The number of nitrogens with one attached hydrogen (secondary N) is 1. The summed E-state index contributed by atoms with van der Waals surface area (Å²) in [7, 11) is 0. The summed E-state index contributed by atoms with van der Waals surface area (Å²) in [6.45, 7) is 0.200. The number of rotatable bonds is 4. The number of nitrogens with two attached hydrogens (primary N) is 1. The first-order valence-corrected chi connectivity index (χ1v) is 8.46. The summed E-state index contributed by atoms with van der Waals surface area (Å²) < 4.78 is 1.75. The molecule has 1 aliphatic heterocycles. The van der Waals surface area contributed by atoms with E-state index in [2.05, 4.69) is 10.4 Å². The van der Waals surface area contributed by atoms with E-state index in [1.807, 2.05) is 36.5 Å². The van der Waals surface area contributed by atoms with E-state index in [9.17, 15) is 9.59 Å². The van der Waals surface area contributed by atoms with Crippen LogP contribution in [0.25, 0.3) is 5.52 Å². The molecule has 3 heterocycles. The molecule has 1 fully saturated rings. The highest BCUT2D eigenvalue weighted by atomic mass is 35.5. The third-order valence-electron chi connectivity index (χ3n) is 4.52. The van der Waals surface area contributed by atoms with Gasteiger partial charge in [-0.05, 0) is 41.5 Å². The van der Waals surface area contributed by atoms with Crippen molar-refractivity contribution >= 4 is 29.1 Å². The molecule has 1 unspecified atom stereocenters. The van der Waals surface area contributed by atoms with Gasteiger partial charge in [0.25, 0.3) is 0 Å². The Morgan fingerprint density at radius 3 is 2.69 bits per heavy atom. The zero-order valence-corrected chi connectivity index (χ0v) is 14.4. The Kier molecular flexibility index (Phi) is 4.00. The minimum absolute atomic E-state index is 0.200. The minimum atomic E-state index is -0.712. The maximum atomic E-state index is 12.5. The maximum Gasteiger partial charge on any atom is 0.318 e. The van der Waals surface area contributed by atoms with Crippen LogP contribution in [0.3, 0.4) is 0 Å². The highest BCUT2D eigenvalue weighted by Crippen LogP contribution is 2.32. The van der Waals surface area contributed by atoms with E-state index in [1.165, 1.54) is 0 Å². The largest absolute Gasteiger partial charge is 0.368 e. The first-order chi connectivity index (χ1) is 12.5. The third kappa shape index (κ3) is 2.86. The van der Waals surface area contributed by atoms with Crippen molar-refractivity contribution in [3.05, 3.63) is 71.0 Å². The van der Waals surface area contributed by atoms with Crippen LogP contribution in [0, 0.1) is 0 Å². The zero-order chi connectivity index (χ0) is 18.3. The number of carbonyl (C=O) groups is 2. The van der Waals surface area contributed by atoms with Gasteiger partial charge in [-0.2, -0.15) is 5.10 Å². The standard InChI is InChI=1S/C18H16ClN5O2/c19-13-3-1-11(2-4-13)16(23-10-15(17(20)25)22-18(23)26)12-6-8-24-14(9-12)5-7-21-24/h1-9,15-16H,10H2,(H2,20,25)(H,22,26)/t15?,16-/m1/s1. The van der Waals surface area contributed by atoms with E-state index in [0.717, 1.165) is 16.6 Å². The fourth-order valence-electron chi connectivity index (χ4n) is 3.25. The molecule has 0 spiro atoms. The Morgan fingerprint density at radius 1 is 1.23 bits per heavy atom. The molecule has 0 bridgehead atoms. The van der Waals surface area contributed by atoms with Gasteiger partial charge in [0, 0.05) is 17.4 Å². The molecule has 3 aromatic rings. The number of amides is 3. The van der Waals surface area contributed by atoms with E-state index >= 15 is 0 Å². The van der Waals surface area contributed by atoms with E-state index in [4.69, 9.17) is 17.3 Å². The van der Waals surface area contributed by atoms with Crippen molar-refractivity contribution in [1.29, 1.82) is 0 Å². The summed E-state index contributed by atoms with van der Waals surface area (Å²) in [5.41, 5.74) is 8.07.